The highest BCUT2D eigenvalue weighted by Gasteiger charge is 2.23. The van der Waals surface area contributed by atoms with E-state index in [2.05, 4.69) is 19.8 Å². The number of anilines is 1. The van der Waals surface area contributed by atoms with E-state index in [-0.39, 0.29) is 21.5 Å². The Hall–Kier alpha value is -1.90. The van der Waals surface area contributed by atoms with Crippen LogP contribution in [0.2, 0.25) is 10.0 Å². The summed E-state index contributed by atoms with van der Waals surface area (Å²) in [4.78, 5) is 7.75. The normalized spacial score (nSPS) is 11.7. The molecule has 0 aliphatic carbocycles. The molecule has 0 unspecified atom stereocenters. The summed E-state index contributed by atoms with van der Waals surface area (Å²) in [7, 11) is -4.02. The fourth-order valence-corrected chi connectivity index (χ4v) is 3.18. The van der Waals surface area contributed by atoms with Gasteiger partial charge in [-0.2, -0.15) is 13.4 Å². The third-order valence-electron chi connectivity index (χ3n) is 2.54. The van der Waals surface area contributed by atoms with Crippen molar-refractivity contribution < 1.29 is 8.42 Å². The number of benzene rings is 1. The summed E-state index contributed by atoms with van der Waals surface area (Å²) < 4.78 is 28.1. The van der Waals surface area contributed by atoms with Crippen LogP contribution >= 0.6 is 23.2 Å². The minimum atomic E-state index is -4.02. The van der Waals surface area contributed by atoms with Crippen LogP contribution in [0, 0.1) is 0 Å². The smallest absolute Gasteiger partial charge is 0.274 e. The Morgan fingerprint density at radius 1 is 1.14 bits per heavy atom. The van der Waals surface area contributed by atoms with Crippen LogP contribution in [0.1, 0.15) is 0 Å². The first-order valence-electron chi connectivity index (χ1n) is 5.61. The van der Waals surface area contributed by atoms with Gasteiger partial charge < -0.3 is 0 Å². The molecule has 21 heavy (non-hydrogen) atoms. The third-order valence-corrected chi connectivity index (χ3v) is 4.29. The summed E-state index contributed by atoms with van der Waals surface area (Å²) in [6, 6.07) is 6.25. The number of para-hydroxylation sites is 1. The molecule has 0 aliphatic heterocycles. The molecule has 0 radical (unpaired) electrons. The van der Waals surface area contributed by atoms with E-state index in [1.54, 1.807) is 12.1 Å². The zero-order chi connectivity index (χ0) is 15.0. The second-order valence-corrected chi connectivity index (χ2v) is 6.35. The van der Waals surface area contributed by atoms with E-state index in [1.807, 2.05) is 0 Å². The van der Waals surface area contributed by atoms with Gasteiger partial charge >= 0.3 is 0 Å². The SMILES string of the molecule is O=S(=O)(Nc1c(Cl)cccc1Cl)c1nc2ncccn2n1. The number of sulfonamides is 1. The molecule has 7 nitrogen and oxygen atoms in total. The van der Waals surface area contributed by atoms with Crippen LogP contribution in [0.25, 0.3) is 5.78 Å². The summed E-state index contributed by atoms with van der Waals surface area (Å²) in [6.07, 6.45) is 3.02. The molecule has 0 aliphatic rings. The molecule has 10 heteroatoms. The molecule has 0 fully saturated rings. The molecule has 1 N–H and O–H groups in total. The maximum absolute atomic E-state index is 12.3. The van der Waals surface area contributed by atoms with Gasteiger partial charge in [0.05, 0.1) is 15.7 Å². The van der Waals surface area contributed by atoms with Crippen molar-refractivity contribution in [1.29, 1.82) is 0 Å². The third kappa shape index (κ3) is 2.65. The first-order valence-corrected chi connectivity index (χ1v) is 7.85. The van der Waals surface area contributed by atoms with Gasteiger partial charge in [-0.05, 0) is 18.2 Å². The van der Waals surface area contributed by atoms with Crippen molar-refractivity contribution in [3.8, 4) is 0 Å². The van der Waals surface area contributed by atoms with Gasteiger partial charge in [0.2, 0.25) is 0 Å². The summed E-state index contributed by atoms with van der Waals surface area (Å²) in [5, 5.41) is 3.78. The first-order chi connectivity index (χ1) is 9.97. The number of nitrogens with zero attached hydrogens (tertiary/aromatic N) is 4. The Balaban J connectivity index is 2.04. The molecule has 1 aromatic carbocycles. The molecule has 3 rings (SSSR count). The Kier molecular flexibility index (Phi) is 3.44. The van der Waals surface area contributed by atoms with Crippen molar-refractivity contribution in [2.24, 2.45) is 0 Å². The van der Waals surface area contributed by atoms with Crippen molar-refractivity contribution in [2.45, 2.75) is 5.16 Å². The maximum atomic E-state index is 12.3. The number of rotatable bonds is 3. The number of hydrogen-bond acceptors (Lipinski definition) is 5. The van der Waals surface area contributed by atoms with Crippen LogP contribution < -0.4 is 4.72 Å². The van der Waals surface area contributed by atoms with Crippen molar-refractivity contribution in [3.05, 3.63) is 46.7 Å². The monoisotopic (exact) mass is 343 g/mol. The van der Waals surface area contributed by atoms with Gasteiger partial charge in [-0.15, -0.1) is 5.10 Å². The Bertz CT molecular complexity index is 872. The number of aromatic nitrogens is 4. The van der Waals surface area contributed by atoms with E-state index >= 15 is 0 Å². The summed E-state index contributed by atoms with van der Waals surface area (Å²) >= 11 is 11.9. The molecular formula is C11H7Cl2N5O2S. The van der Waals surface area contributed by atoms with E-state index in [4.69, 9.17) is 23.2 Å². The van der Waals surface area contributed by atoms with Gasteiger partial charge in [-0.1, -0.05) is 29.3 Å². The molecule has 0 bridgehead atoms. The van der Waals surface area contributed by atoms with Crippen LogP contribution in [-0.2, 0) is 10.0 Å². The molecule has 0 amide bonds. The lowest BCUT2D eigenvalue weighted by molar-refractivity contribution is 0.592. The fraction of sp³-hybridized carbons (Fsp3) is 0. The molecule has 2 heterocycles. The summed E-state index contributed by atoms with van der Waals surface area (Å²) in [5.74, 6) is 0.170. The number of nitrogens with one attached hydrogen (secondary N) is 1. The average molecular weight is 344 g/mol. The van der Waals surface area contributed by atoms with Gasteiger partial charge in [0.15, 0.2) is 0 Å². The average Bonchev–Trinajstić information content (AvgIpc) is 2.88. The minimum Gasteiger partial charge on any atom is -0.274 e. The van der Waals surface area contributed by atoms with Crippen molar-refractivity contribution in [2.75, 3.05) is 4.72 Å². The van der Waals surface area contributed by atoms with Crippen LogP contribution in [0.4, 0.5) is 5.69 Å². The van der Waals surface area contributed by atoms with Gasteiger partial charge in [0, 0.05) is 12.4 Å². The molecule has 108 valence electrons. The van der Waals surface area contributed by atoms with Crippen molar-refractivity contribution in [3.63, 3.8) is 0 Å². The fourth-order valence-electron chi connectivity index (χ4n) is 1.60. The molecule has 0 saturated heterocycles. The lowest BCUT2D eigenvalue weighted by Crippen LogP contribution is -2.15. The van der Waals surface area contributed by atoms with Crippen molar-refractivity contribution >= 4 is 44.7 Å². The van der Waals surface area contributed by atoms with Crippen molar-refractivity contribution in [1.82, 2.24) is 19.6 Å². The largest absolute Gasteiger partial charge is 0.299 e. The van der Waals surface area contributed by atoms with Gasteiger partial charge in [-0.25, -0.2) is 9.50 Å². The Labute approximate surface area is 129 Å². The summed E-state index contributed by atoms with van der Waals surface area (Å²) in [6.45, 7) is 0. The summed E-state index contributed by atoms with van der Waals surface area (Å²) in [5.41, 5.74) is 0.0765. The topological polar surface area (TPSA) is 89.2 Å². The van der Waals surface area contributed by atoms with Crippen LogP contribution in [0.3, 0.4) is 0 Å². The Morgan fingerprint density at radius 3 is 2.52 bits per heavy atom. The molecule has 0 saturated carbocycles. The minimum absolute atomic E-state index is 0.0765. The Morgan fingerprint density at radius 2 is 1.86 bits per heavy atom. The lowest BCUT2D eigenvalue weighted by atomic mass is 10.3. The maximum Gasteiger partial charge on any atom is 0.299 e. The molecule has 0 atom stereocenters. The van der Waals surface area contributed by atoms with Crippen LogP contribution in [0.5, 0.6) is 0 Å². The predicted octanol–water partition coefficient (Wildman–Crippen LogP) is 2.23. The van der Waals surface area contributed by atoms with Crippen LogP contribution in [-0.4, -0.2) is 28.0 Å². The second kappa shape index (κ2) is 5.14. The molecule has 3 aromatic rings. The van der Waals surface area contributed by atoms with Gasteiger partial charge in [0.1, 0.15) is 0 Å². The van der Waals surface area contributed by atoms with E-state index in [1.165, 1.54) is 29.0 Å². The number of hydrogen-bond donors (Lipinski definition) is 1. The molecular weight excluding hydrogens is 337 g/mol. The zero-order valence-corrected chi connectivity index (χ0v) is 12.6. The molecule has 0 spiro atoms. The number of fused-ring (bicyclic) bond motifs is 1. The second-order valence-electron chi connectivity index (χ2n) is 3.96. The van der Waals surface area contributed by atoms with E-state index in [0.717, 1.165) is 0 Å². The standard InChI is InChI=1S/C11H7Cl2N5O2S/c12-7-3-1-4-8(13)9(7)17-21(19,20)11-15-10-14-5-2-6-18(10)16-11/h1-6,17H. The van der Waals surface area contributed by atoms with Gasteiger partial charge in [-0.3, -0.25) is 4.72 Å². The predicted molar refractivity (Wildman–Crippen MR) is 78.1 cm³/mol. The highest BCUT2D eigenvalue weighted by Crippen LogP contribution is 2.31. The highest BCUT2D eigenvalue weighted by molar-refractivity contribution is 7.92. The first kappa shape index (κ1) is 14.1. The van der Waals surface area contributed by atoms with E-state index < -0.39 is 15.2 Å². The lowest BCUT2D eigenvalue weighted by Gasteiger charge is -2.08. The molecule has 2 aromatic heterocycles. The van der Waals surface area contributed by atoms with E-state index in [0.29, 0.717) is 0 Å². The number of halogens is 2. The highest BCUT2D eigenvalue weighted by atomic mass is 35.5. The quantitative estimate of drug-likeness (QED) is 0.787. The zero-order valence-electron chi connectivity index (χ0n) is 10.2. The van der Waals surface area contributed by atoms with E-state index in [9.17, 15) is 8.42 Å². The van der Waals surface area contributed by atoms with Gasteiger partial charge in [0.25, 0.3) is 21.0 Å². The van der Waals surface area contributed by atoms with Crippen LogP contribution in [0.15, 0.2) is 41.8 Å².